The average Bonchev–Trinajstić information content (AvgIpc) is 2.71. The molecule has 0 aliphatic carbocycles. The van der Waals surface area contributed by atoms with Crippen molar-refractivity contribution in [2.45, 2.75) is 6.42 Å². The maximum atomic E-state index is 11.3. The molecule has 104 valence electrons. The van der Waals surface area contributed by atoms with Crippen molar-refractivity contribution in [1.82, 2.24) is 4.57 Å². The van der Waals surface area contributed by atoms with E-state index in [0.29, 0.717) is 12.0 Å². The zero-order valence-corrected chi connectivity index (χ0v) is 11.3. The van der Waals surface area contributed by atoms with Gasteiger partial charge in [-0.25, -0.2) is 0 Å². The molecule has 1 aromatic heterocycles. The molecule has 20 heavy (non-hydrogen) atoms. The first-order chi connectivity index (χ1) is 9.43. The lowest BCUT2D eigenvalue weighted by Crippen LogP contribution is -2.17. The third-order valence-electron chi connectivity index (χ3n) is 3.49. The first-order valence-corrected chi connectivity index (χ1v) is 6.25. The van der Waals surface area contributed by atoms with Crippen molar-refractivity contribution in [3.05, 3.63) is 54.8 Å². The molecule has 0 radical (unpaired) electrons. The van der Waals surface area contributed by atoms with Crippen LogP contribution in [0.5, 0.6) is 5.75 Å². The maximum Gasteiger partial charge on any atom is 0.311 e. The van der Waals surface area contributed by atoms with Crippen molar-refractivity contribution in [1.29, 1.82) is 0 Å². The number of aromatic hydroxyl groups is 1. The average molecular weight is 271 g/mol. The second kappa shape index (κ2) is 5.25. The number of carboxylic acids is 1. The minimum atomic E-state index is -0.924. The molecule has 1 heterocycles. The predicted molar refractivity (Wildman–Crippen MR) is 78.8 cm³/mol. The van der Waals surface area contributed by atoms with E-state index in [1.54, 1.807) is 12.1 Å². The summed E-state index contributed by atoms with van der Waals surface area (Å²) in [5.41, 5.74) is 2.30. The largest absolute Gasteiger partial charge is 0.508 e. The zero-order valence-electron chi connectivity index (χ0n) is 11.3. The van der Waals surface area contributed by atoms with Crippen LogP contribution in [0.4, 0.5) is 0 Å². The number of benzene rings is 1. The second-order valence-corrected chi connectivity index (χ2v) is 4.84. The van der Waals surface area contributed by atoms with Gasteiger partial charge < -0.3 is 14.8 Å². The van der Waals surface area contributed by atoms with Crippen LogP contribution in [0.3, 0.4) is 0 Å². The Kier molecular flexibility index (Phi) is 3.66. The van der Waals surface area contributed by atoms with Crippen molar-refractivity contribution in [3.63, 3.8) is 0 Å². The number of allylic oxidation sites excluding steroid dienone is 1. The van der Waals surface area contributed by atoms with Gasteiger partial charge in [-0.05, 0) is 35.8 Å². The number of hydrogen-bond donors (Lipinski definition) is 2. The monoisotopic (exact) mass is 271 g/mol. The maximum absolute atomic E-state index is 11.3. The van der Waals surface area contributed by atoms with Gasteiger partial charge >= 0.3 is 5.97 Å². The van der Waals surface area contributed by atoms with Gasteiger partial charge in [0.2, 0.25) is 0 Å². The Hall–Kier alpha value is -2.49. The lowest BCUT2D eigenvalue weighted by Gasteiger charge is -2.11. The number of phenols is 1. The van der Waals surface area contributed by atoms with Crippen LogP contribution in [0.2, 0.25) is 0 Å². The van der Waals surface area contributed by atoms with Crippen LogP contribution in [0.25, 0.3) is 10.9 Å². The molecule has 2 N–H and O–H groups in total. The van der Waals surface area contributed by atoms with Crippen LogP contribution in [0.1, 0.15) is 5.56 Å². The molecule has 0 spiro atoms. The second-order valence-electron chi connectivity index (χ2n) is 4.84. The third kappa shape index (κ3) is 2.45. The Balaban J connectivity index is 2.47. The van der Waals surface area contributed by atoms with E-state index < -0.39 is 11.9 Å². The van der Waals surface area contributed by atoms with E-state index in [1.165, 1.54) is 6.08 Å². The first kappa shape index (κ1) is 13.9. The molecule has 2 rings (SSSR count). The van der Waals surface area contributed by atoms with Gasteiger partial charge in [-0.2, -0.15) is 0 Å². The van der Waals surface area contributed by atoms with Crippen molar-refractivity contribution in [3.8, 4) is 5.75 Å². The number of phenolic OH excluding ortho intramolecular Hbond substituents is 1. The van der Waals surface area contributed by atoms with Crippen molar-refractivity contribution in [2.24, 2.45) is 13.0 Å². The summed E-state index contributed by atoms with van der Waals surface area (Å²) in [6, 6.07) is 5.08. The predicted octanol–water partition coefficient (Wildman–Crippen LogP) is 2.87. The molecule has 4 nitrogen and oxygen atoms in total. The third-order valence-corrected chi connectivity index (χ3v) is 3.49. The summed E-state index contributed by atoms with van der Waals surface area (Å²) in [7, 11) is 1.89. The van der Waals surface area contributed by atoms with E-state index >= 15 is 0 Å². The number of carboxylic acid groups (broad SMARTS) is 1. The highest BCUT2D eigenvalue weighted by Gasteiger charge is 2.21. The fourth-order valence-corrected chi connectivity index (χ4v) is 2.36. The van der Waals surface area contributed by atoms with Gasteiger partial charge in [-0.15, -0.1) is 0 Å². The summed E-state index contributed by atoms with van der Waals surface area (Å²) in [4.78, 5) is 11.3. The number of carbonyl (C=O) groups is 1. The quantitative estimate of drug-likeness (QED) is 0.822. The van der Waals surface area contributed by atoms with Crippen LogP contribution in [0, 0.1) is 5.92 Å². The molecule has 1 atom stereocenters. The Bertz CT molecular complexity index is 697. The Morgan fingerprint density at radius 2 is 2.20 bits per heavy atom. The van der Waals surface area contributed by atoms with E-state index in [1.807, 2.05) is 23.9 Å². The summed E-state index contributed by atoms with van der Waals surface area (Å²) in [6.45, 7) is 7.32. The van der Waals surface area contributed by atoms with Gasteiger partial charge in [0, 0.05) is 24.1 Å². The summed E-state index contributed by atoms with van der Waals surface area (Å²) in [5.74, 6) is -1.47. The van der Waals surface area contributed by atoms with Crippen LogP contribution in [-0.4, -0.2) is 20.7 Å². The molecule has 0 saturated heterocycles. The van der Waals surface area contributed by atoms with Crippen molar-refractivity contribution >= 4 is 16.9 Å². The minimum absolute atomic E-state index is 0.166. The highest BCUT2D eigenvalue weighted by atomic mass is 16.4. The van der Waals surface area contributed by atoms with Crippen molar-refractivity contribution in [2.75, 3.05) is 0 Å². The number of aliphatic carboxylic acids is 1. The van der Waals surface area contributed by atoms with Crippen LogP contribution < -0.4 is 0 Å². The molecule has 2 aromatic rings. The summed E-state index contributed by atoms with van der Waals surface area (Å²) >= 11 is 0. The number of hydrogen-bond acceptors (Lipinski definition) is 2. The summed E-state index contributed by atoms with van der Waals surface area (Å²) < 4.78 is 1.92. The SMILES string of the molecule is C=CC(=C)[C@@H](Cc1cn(C)c2ccc(O)cc12)C(=O)O. The lowest BCUT2D eigenvalue weighted by atomic mass is 9.92. The highest BCUT2D eigenvalue weighted by Crippen LogP contribution is 2.28. The molecule has 0 unspecified atom stereocenters. The van der Waals surface area contributed by atoms with Gasteiger partial charge in [0.05, 0.1) is 5.92 Å². The zero-order chi connectivity index (χ0) is 14.9. The molecule has 0 saturated carbocycles. The lowest BCUT2D eigenvalue weighted by molar-refractivity contribution is -0.140. The van der Waals surface area contributed by atoms with Gasteiger partial charge in [0.25, 0.3) is 0 Å². The smallest absolute Gasteiger partial charge is 0.311 e. The van der Waals surface area contributed by atoms with Crippen LogP contribution in [-0.2, 0) is 18.3 Å². The van der Waals surface area contributed by atoms with Crippen LogP contribution in [0.15, 0.2) is 49.2 Å². The Morgan fingerprint density at radius 1 is 1.50 bits per heavy atom. The van der Waals surface area contributed by atoms with Gasteiger partial charge in [0.1, 0.15) is 5.75 Å². The molecule has 4 heteroatoms. The summed E-state index contributed by atoms with van der Waals surface area (Å²) in [6.07, 6.45) is 3.68. The molecule has 1 aromatic carbocycles. The van der Waals surface area contributed by atoms with Gasteiger partial charge in [-0.1, -0.05) is 19.2 Å². The van der Waals surface area contributed by atoms with E-state index in [-0.39, 0.29) is 5.75 Å². The molecular formula is C16H17NO3. The molecule has 0 bridgehead atoms. The normalized spacial score (nSPS) is 12.2. The Labute approximate surface area is 117 Å². The molecular weight excluding hydrogens is 254 g/mol. The van der Waals surface area contributed by atoms with E-state index in [9.17, 15) is 15.0 Å². The van der Waals surface area contributed by atoms with Gasteiger partial charge in [-0.3, -0.25) is 4.79 Å². The first-order valence-electron chi connectivity index (χ1n) is 6.25. The van der Waals surface area contributed by atoms with Crippen LogP contribution >= 0.6 is 0 Å². The standard InChI is InChI=1S/C16H17NO3/c1-4-10(2)13(16(19)20)7-11-9-17(3)15-6-5-12(18)8-14(11)15/h4-6,8-9,13,18H,1-2,7H2,3H3,(H,19,20)/t13-/m1/s1. The number of aryl methyl sites for hydroxylation is 1. The molecule has 0 aliphatic rings. The van der Waals surface area contributed by atoms with Gasteiger partial charge in [0.15, 0.2) is 0 Å². The summed E-state index contributed by atoms with van der Waals surface area (Å²) in [5, 5.41) is 19.8. The molecule has 0 amide bonds. The Morgan fingerprint density at radius 3 is 2.80 bits per heavy atom. The molecule has 0 fully saturated rings. The molecule has 0 aliphatic heterocycles. The highest BCUT2D eigenvalue weighted by molar-refractivity contribution is 5.86. The number of aromatic nitrogens is 1. The fourth-order valence-electron chi connectivity index (χ4n) is 2.36. The van der Waals surface area contributed by atoms with Crippen molar-refractivity contribution < 1.29 is 15.0 Å². The van der Waals surface area contributed by atoms with E-state index in [0.717, 1.165) is 16.5 Å². The number of rotatable bonds is 5. The van der Waals surface area contributed by atoms with E-state index in [2.05, 4.69) is 13.2 Å². The topological polar surface area (TPSA) is 62.5 Å². The number of fused-ring (bicyclic) bond motifs is 1. The number of nitrogens with zero attached hydrogens (tertiary/aromatic N) is 1. The minimum Gasteiger partial charge on any atom is -0.508 e. The van der Waals surface area contributed by atoms with E-state index in [4.69, 9.17) is 0 Å². The fraction of sp³-hybridized carbons (Fsp3) is 0.188.